The maximum absolute atomic E-state index is 13.3. The molecule has 1 aromatic carbocycles. The van der Waals surface area contributed by atoms with Gasteiger partial charge in [0, 0.05) is 5.92 Å². The van der Waals surface area contributed by atoms with E-state index in [1.54, 1.807) is 0 Å². The SMILES string of the molecule is COC(=O)[C@]1(C)[C@H]2[C@H](C)[C@H](O[Si](C)(C)C(C)(C)C)[C@@H](C)[C@@H]2C=C[C@H]1c1ccccc1. The second kappa shape index (κ2) is 7.94. The average Bonchev–Trinajstić information content (AvgIpc) is 2.92. The Morgan fingerprint density at radius 3 is 2.17 bits per heavy atom. The van der Waals surface area contributed by atoms with Crippen molar-refractivity contribution in [1.29, 1.82) is 0 Å². The molecule has 0 radical (unpaired) electrons. The van der Waals surface area contributed by atoms with Gasteiger partial charge in [0.2, 0.25) is 0 Å². The molecule has 4 heteroatoms. The first-order valence-electron chi connectivity index (χ1n) is 11.4. The molecule has 0 saturated heterocycles. The Bertz CT molecular complexity index is 794. The van der Waals surface area contributed by atoms with Gasteiger partial charge in [0.1, 0.15) is 0 Å². The van der Waals surface area contributed by atoms with E-state index in [1.165, 1.54) is 12.7 Å². The lowest BCUT2D eigenvalue weighted by atomic mass is 9.57. The fourth-order valence-corrected chi connectivity index (χ4v) is 7.26. The Morgan fingerprint density at radius 2 is 1.63 bits per heavy atom. The average molecular weight is 429 g/mol. The van der Waals surface area contributed by atoms with Crippen molar-refractivity contribution >= 4 is 14.3 Å². The number of esters is 1. The number of methoxy groups -OCH3 is 1. The zero-order valence-electron chi connectivity index (χ0n) is 20.2. The number of rotatable bonds is 4. The van der Waals surface area contributed by atoms with Crippen LogP contribution in [0.3, 0.4) is 0 Å². The Morgan fingerprint density at radius 1 is 1.03 bits per heavy atom. The third kappa shape index (κ3) is 3.60. The number of carbonyl (C=O) groups excluding carboxylic acids is 1. The molecule has 2 aliphatic carbocycles. The molecule has 1 saturated carbocycles. The van der Waals surface area contributed by atoms with Crippen LogP contribution in [0.4, 0.5) is 0 Å². The molecule has 0 spiro atoms. The van der Waals surface area contributed by atoms with Gasteiger partial charge in [0.05, 0.1) is 18.6 Å². The van der Waals surface area contributed by atoms with Crippen molar-refractivity contribution < 1.29 is 14.0 Å². The van der Waals surface area contributed by atoms with Gasteiger partial charge in [-0.1, -0.05) is 77.1 Å². The molecular formula is C26H40O3Si. The smallest absolute Gasteiger partial charge is 0.312 e. The predicted molar refractivity (Wildman–Crippen MR) is 126 cm³/mol. The van der Waals surface area contributed by atoms with Crippen molar-refractivity contribution in [3.8, 4) is 0 Å². The number of fused-ring (bicyclic) bond motifs is 1. The third-order valence-corrected chi connectivity index (χ3v) is 13.0. The molecule has 0 unspecified atom stereocenters. The zero-order valence-corrected chi connectivity index (χ0v) is 21.2. The Labute approximate surface area is 184 Å². The highest BCUT2D eigenvalue weighted by atomic mass is 28.4. The zero-order chi connectivity index (χ0) is 22.5. The maximum Gasteiger partial charge on any atom is 0.312 e. The van der Waals surface area contributed by atoms with Crippen LogP contribution in [0.5, 0.6) is 0 Å². The first-order valence-corrected chi connectivity index (χ1v) is 14.3. The van der Waals surface area contributed by atoms with Gasteiger partial charge >= 0.3 is 5.97 Å². The summed E-state index contributed by atoms with van der Waals surface area (Å²) in [7, 11) is -0.397. The normalized spacial score (nSPS) is 36.4. The fraction of sp³-hybridized carbons (Fsp3) is 0.654. The van der Waals surface area contributed by atoms with Crippen LogP contribution >= 0.6 is 0 Å². The first-order chi connectivity index (χ1) is 13.9. The van der Waals surface area contributed by atoms with Gasteiger partial charge in [0.25, 0.3) is 0 Å². The molecule has 0 amide bonds. The summed E-state index contributed by atoms with van der Waals surface area (Å²) >= 11 is 0. The second-order valence-corrected chi connectivity index (χ2v) is 16.0. The van der Waals surface area contributed by atoms with Crippen LogP contribution in [0.1, 0.15) is 53.0 Å². The Hall–Kier alpha value is -1.39. The lowest BCUT2D eigenvalue weighted by Gasteiger charge is -2.46. The summed E-state index contributed by atoms with van der Waals surface area (Å²) < 4.78 is 12.4. The van der Waals surface area contributed by atoms with Gasteiger partial charge in [-0.05, 0) is 54.3 Å². The second-order valence-electron chi connectivity index (χ2n) is 11.2. The van der Waals surface area contributed by atoms with E-state index in [0.717, 1.165) is 0 Å². The van der Waals surface area contributed by atoms with Gasteiger partial charge < -0.3 is 9.16 Å². The van der Waals surface area contributed by atoms with Crippen LogP contribution in [0.25, 0.3) is 0 Å². The van der Waals surface area contributed by atoms with E-state index in [4.69, 9.17) is 9.16 Å². The molecule has 2 aliphatic rings. The summed E-state index contributed by atoms with van der Waals surface area (Å²) in [6, 6.07) is 10.4. The molecule has 0 bridgehead atoms. The van der Waals surface area contributed by atoms with E-state index in [9.17, 15) is 4.79 Å². The molecule has 0 aliphatic heterocycles. The van der Waals surface area contributed by atoms with Crippen LogP contribution in [0, 0.1) is 29.1 Å². The van der Waals surface area contributed by atoms with Crippen LogP contribution < -0.4 is 0 Å². The molecule has 0 aromatic heterocycles. The standard InChI is InChI=1S/C26H40O3Si/c1-17-20-15-16-21(19-13-11-10-12-14-19)26(6,24(27)28-7)22(20)18(2)23(17)29-30(8,9)25(3,4)5/h10-18,20-23H,1-9H3/t17-,18-,20-,21-,22-,23+,26-/m0/s1. The van der Waals surface area contributed by atoms with Gasteiger partial charge in [0.15, 0.2) is 8.32 Å². The highest BCUT2D eigenvalue weighted by molar-refractivity contribution is 6.74. The van der Waals surface area contributed by atoms with Crippen LogP contribution in [-0.4, -0.2) is 27.5 Å². The van der Waals surface area contributed by atoms with Gasteiger partial charge in [-0.25, -0.2) is 0 Å². The van der Waals surface area contributed by atoms with Crippen molar-refractivity contribution in [2.45, 2.75) is 71.7 Å². The Balaban J connectivity index is 2.04. The van der Waals surface area contributed by atoms with E-state index in [-0.39, 0.29) is 34.9 Å². The number of carbonyl (C=O) groups is 1. The monoisotopic (exact) mass is 428 g/mol. The van der Waals surface area contributed by atoms with Crippen molar-refractivity contribution in [1.82, 2.24) is 0 Å². The minimum Gasteiger partial charge on any atom is -0.469 e. The predicted octanol–water partition coefficient (Wildman–Crippen LogP) is 6.43. The minimum absolute atomic E-state index is 0.00803. The molecule has 1 aromatic rings. The molecule has 30 heavy (non-hydrogen) atoms. The number of allylic oxidation sites excluding steroid dienone is 2. The third-order valence-electron chi connectivity index (χ3n) is 8.51. The van der Waals surface area contributed by atoms with Crippen molar-refractivity contribution in [2.75, 3.05) is 7.11 Å². The topological polar surface area (TPSA) is 35.5 Å². The van der Waals surface area contributed by atoms with Gasteiger partial charge in [-0.15, -0.1) is 0 Å². The van der Waals surface area contributed by atoms with E-state index in [0.29, 0.717) is 11.8 Å². The first kappa shape index (κ1) is 23.3. The maximum atomic E-state index is 13.3. The summed E-state index contributed by atoms with van der Waals surface area (Å²) in [6.45, 7) is 18.3. The van der Waals surface area contributed by atoms with Crippen molar-refractivity contribution in [3.63, 3.8) is 0 Å². The van der Waals surface area contributed by atoms with E-state index < -0.39 is 13.7 Å². The summed E-state index contributed by atoms with van der Waals surface area (Å²) in [5, 5.41) is 0.161. The summed E-state index contributed by atoms with van der Waals surface area (Å²) in [4.78, 5) is 13.3. The van der Waals surface area contributed by atoms with E-state index in [2.05, 4.69) is 91.1 Å². The lowest BCUT2D eigenvalue weighted by molar-refractivity contribution is -0.159. The molecule has 7 atom stereocenters. The quantitative estimate of drug-likeness (QED) is 0.315. The molecular weight excluding hydrogens is 388 g/mol. The number of hydrogen-bond donors (Lipinski definition) is 0. The number of benzene rings is 1. The molecule has 3 nitrogen and oxygen atoms in total. The van der Waals surface area contributed by atoms with Gasteiger partial charge in [-0.2, -0.15) is 0 Å². The number of hydrogen-bond acceptors (Lipinski definition) is 3. The lowest BCUT2D eigenvalue weighted by Crippen LogP contribution is -2.48. The van der Waals surface area contributed by atoms with Crippen LogP contribution in [0.2, 0.25) is 18.1 Å². The van der Waals surface area contributed by atoms with Crippen molar-refractivity contribution in [2.24, 2.45) is 29.1 Å². The molecule has 1 fully saturated rings. The largest absolute Gasteiger partial charge is 0.469 e. The van der Waals surface area contributed by atoms with Crippen molar-refractivity contribution in [3.05, 3.63) is 48.0 Å². The molecule has 0 heterocycles. The molecule has 3 rings (SSSR count). The molecule has 166 valence electrons. The number of ether oxygens (including phenoxy) is 1. The van der Waals surface area contributed by atoms with E-state index >= 15 is 0 Å². The highest BCUT2D eigenvalue weighted by Crippen LogP contribution is 2.60. The van der Waals surface area contributed by atoms with Crippen LogP contribution in [0.15, 0.2) is 42.5 Å². The highest BCUT2D eigenvalue weighted by Gasteiger charge is 2.61. The summed E-state index contributed by atoms with van der Waals surface area (Å²) in [5.41, 5.74) is 0.558. The molecule has 0 N–H and O–H groups in total. The summed E-state index contributed by atoms with van der Waals surface area (Å²) in [6.07, 6.45) is 4.78. The van der Waals surface area contributed by atoms with Gasteiger partial charge in [-0.3, -0.25) is 4.79 Å². The Kier molecular flexibility index (Phi) is 6.16. The minimum atomic E-state index is -1.92. The van der Waals surface area contributed by atoms with E-state index in [1.807, 2.05) is 6.07 Å². The van der Waals surface area contributed by atoms with Crippen LogP contribution in [-0.2, 0) is 14.0 Å². The summed E-state index contributed by atoms with van der Waals surface area (Å²) in [5.74, 6) is 1.05. The fourth-order valence-electron chi connectivity index (χ4n) is 5.80.